The minimum Gasteiger partial charge on any atom is -0.344 e. The van der Waals surface area contributed by atoms with Crippen molar-refractivity contribution in [3.63, 3.8) is 0 Å². The number of aryl methyl sites for hydroxylation is 1. The second-order valence-corrected chi connectivity index (χ2v) is 9.06. The first-order chi connectivity index (χ1) is 11.9. The van der Waals surface area contributed by atoms with E-state index >= 15 is 0 Å². The molecule has 2 heteroatoms. The van der Waals surface area contributed by atoms with Crippen LogP contribution in [-0.2, 0) is 12.5 Å². The lowest BCUT2D eigenvalue weighted by Gasteiger charge is -2.20. The lowest BCUT2D eigenvalue weighted by molar-refractivity contribution is 0.596. The van der Waals surface area contributed by atoms with E-state index in [1.54, 1.807) is 0 Å². The van der Waals surface area contributed by atoms with Gasteiger partial charge in [0.25, 0.3) is 0 Å². The van der Waals surface area contributed by atoms with E-state index in [1.165, 1.54) is 47.5 Å². The molecule has 2 aromatic heterocycles. The van der Waals surface area contributed by atoms with Crippen LogP contribution in [0.5, 0.6) is 0 Å². The summed E-state index contributed by atoms with van der Waals surface area (Å²) in [5.74, 6) is 0. The fourth-order valence-electron chi connectivity index (χ4n) is 4.10. The molecular formula is C23H21NS. The molecule has 124 valence electrons. The summed E-state index contributed by atoms with van der Waals surface area (Å²) < 4.78 is 5.09. The predicted molar refractivity (Wildman–Crippen MR) is 112 cm³/mol. The minimum absolute atomic E-state index is 0.124. The number of benzene rings is 3. The van der Waals surface area contributed by atoms with Gasteiger partial charge in [-0.25, -0.2) is 0 Å². The SMILES string of the molecule is Cn1c2cc3sc4ccccc4c3cc2c2c(C(C)(C)C)cccc21. The number of nitrogens with zero attached hydrogens (tertiary/aromatic N) is 1. The molecule has 0 aliphatic rings. The quantitative estimate of drug-likeness (QED) is 0.285. The molecule has 0 amide bonds. The summed E-state index contributed by atoms with van der Waals surface area (Å²) in [6.07, 6.45) is 0. The van der Waals surface area contributed by atoms with Crippen LogP contribution in [0.1, 0.15) is 26.3 Å². The van der Waals surface area contributed by atoms with Gasteiger partial charge in [0.1, 0.15) is 0 Å². The van der Waals surface area contributed by atoms with Gasteiger partial charge in [0.2, 0.25) is 0 Å². The van der Waals surface area contributed by atoms with Crippen molar-refractivity contribution in [2.75, 3.05) is 0 Å². The average Bonchev–Trinajstić information content (AvgIpc) is 3.08. The number of rotatable bonds is 0. The molecule has 3 aromatic carbocycles. The topological polar surface area (TPSA) is 4.93 Å². The standard InChI is InChI=1S/C23H21NS/c1-23(2,3)17-9-7-10-18-22(17)16-12-15-14-8-5-6-11-20(14)25-21(15)13-19(16)24(18)4/h5-13H,1-4H3. The molecule has 0 fully saturated rings. The van der Waals surface area contributed by atoms with E-state index in [9.17, 15) is 0 Å². The van der Waals surface area contributed by atoms with Gasteiger partial charge in [-0.3, -0.25) is 0 Å². The molecule has 1 nitrogen and oxygen atoms in total. The molecule has 0 atom stereocenters. The van der Waals surface area contributed by atoms with Gasteiger partial charge >= 0.3 is 0 Å². The van der Waals surface area contributed by atoms with Crippen molar-refractivity contribution in [1.82, 2.24) is 4.57 Å². The number of aromatic nitrogens is 1. The van der Waals surface area contributed by atoms with Crippen molar-refractivity contribution >= 4 is 53.3 Å². The molecule has 2 heterocycles. The van der Waals surface area contributed by atoms with Crippen LogP contribution >= 0.6 is 11.3 Å². The first-order valence-corrected chi connectivity index (χ1v) is 9.60. The summed E-state index contributed by atoms with van der Waals surface area (Å²) in [6, 6.07) is 20.3. The van der Waals surface area contributed by atoms with E-state index in [-0.39, 0.29) is 5.41 Å². The predicted octanol–water partition coefficient (Wildman–Crippen LogP) is 7.00. The summed E-state index contributed by atoms with van der Waals surface area (Å²) in [5, 5.41) is 5.53. The highest BCUT2D eigenvalue weighted by Gasteiger charge is 2.21. The second-order valence-electron chi connectivity index (χ2n) is 7.97. The molecule has 0 saturated heterocycles. The maximum absolute atomic E-state index is 2.42. The fourth-order valence-corrected chi connectivity index (χ4v) is 5.22. The molecule has 0 unspecified atom stereocenters. The third-order valence-electron chi connectivity index (χ3n) is 5.34. The van der Waals surface area contributed by atoms with Crippen LogP contribution in [-0.4, -0.2) is 4.57 Å². The second kappa shape index (κ2) is 4.86. The normalized spacial score (nSPS) is 12.8. The molecule has 0 spiro atoms. The van der Waals surface area contributed by atoms with Crippen LogP contribution in [0.2, 0.25) is 0 Å². The Balaban J connectivity index is 2.04. The molecular weight excluding hydrogens is 322 g/mol. The van der Waals surface area contributed by atoms with Gasteiger partial charge in [0.05, 0.1) is 5.52 Å². The number of hydrogen-bond donors (Lipinski definition) is 0. The Morgan fingerprint density at radius 2 is 1.56 bits per heavy atom. The monoisotopic (exact) mass is 343 g/mol. The third kappa shape index (κ3) is 2.01. The number of thiophene rings is 1. The van der Waals surface area contributed by atoms with Crippen LogP contribution < -0.4 is 0 Å². The van der Waals surface area contributed by atoms with Crippen molar-refractivity contribution in [3.05, 3.63) is 60.2 Å². The molecule has 0 aliphatic carbocycles. The zero-order valence-corrected chi connectivity index (χ0v) is 15.9. The Morgan fingerprint density at radius 3 is 2.36 bits per heavy atom. The van der Waals surface area contributed by atoms with E-state index in [0.29, 0.717) is 0 Å². The van der Waals surface area contributed by atoms with Gasteiger partial charge in [-0.15, -0.1) is 11.3 Å². The van der Waals surface area contributed by atoms with Crippen molar-refractivity contribution in [2.45, 2.75) is 26.2 Å². The summed E-state index contributed by atoms with van der Waals surface area (Å²) in [6.45, 7) is 6.91. The van der Waals surface area contributed by atoms with E-state index in [1.807, 2.05) is 11.3 Å². The van der Waals surface area contributed by atoms with Crippen LogP contribution in [0.3, 0.4) is 0 Å². The van der Waals surface area contributed by atoms with Gasteiger partial charge in [0, 0.05) is 43.5 Å². The largest absolute Gasteiger partial charge is 0.344 e. The highest BCUT2D eigenvalue weighted by atomic mass is 32.1. The van der Waals surface area contributed by atoms with Crippen molar-refractivity contribution in [1.29, 1.82) is 0 Å². The van der Waals surface area contributed by atoms with Gasteiger partial charge in [-0.2, -0.15) is 0 Å². The smallest absolute Gasteiger partial charge is 0.0503 e. The Morgan fingerprint density at radius 1 is 0.760 bits per heavy atom. The van der Waals surface area contributed by atoms with E-state index in [4.69, 9.17) is 0 Å². The van der Waals surface area contributed by atoms with Crippen LogP contribution in [0.4, 0.5) is 0 Å². The summed E-state index contributed by atoms with van der Waals surface area (Å²) in [4.78, 5) is 0. The Hall–Kier alpha value is -2.32. The Bertz CT molecular complexity index is 1280. The molecule has 0 saturated carbocycles. The molecule has 5 rings (SSSR count). The highest BCUT2D eigenvalue weighted by molar-refractivity contribution is 7.25. The van der Waals surface area contributed by atoms with Gasteiger partial charge in [-0.05, 0) is 35.2 Å². The first kappa shape index (κ1) is 15.0. The van der Waals surface area contributed by atoms with Gasteiger partial charge in [-0.1, -0.05) is 51.1 Å². The summed E-state index contributed by atoms with van der Waals surface area (Å²) >= 11 is 1.89. The fraction of sp³-hybridized carbons (Fsp3) is 0.217. The Labute approximate surface area is 151 Å². The lowest BCUT2D eigenvalue weighted by atomic mass is 9.84. The van der Waals surface area contributed by atoms with Crippen LogP contribution in [0, 0.1) is 0 Å². The third-order valence-corrected chi connectivity index (χ3v) is 6.47. The van der Waals surface area contributed by atoms with E-state index in [2.05, 4.69) is 87.0 Å². The molecule has 0 radical (unpaired) electrons. The molecule has 0 bridgehead atoms. The molecule has 25 heavy (non-hydrogen) atoms. The highest BCUT2D eigenvalue weighted by Crippen LogP contribution is 2.41. The van der Waals surface area contributed by atoms with Crippen molar-refractivity contribution < 1.29 is 0 Å². The number of hydrogen-bond acceptors (Lipinski definition) is 1. The maximum atomic E-state index is 2.42. The minimum atomic E-state index is 0.124. The van der Waals surface area contributed by atoms with Crippen molar-refractivity contribution in [3.8, 4) is 0 Å². The molecule has 0 aliphatic heterocycles. The zero-order valence-electron chi connectivity index (χ0n) is 15.1. The molecule has 5 aromatic rings. The average molecular weight is 343 g/mol. The van der Waals surface area contributed by atoms with E-state index in [0.717, 1.165) is 0 Å². The Kier molecular flexibility index (Phi) is 2.91. The zero-order chi connectivity index (χ0) is 17.3. The van der Waals surface area contributed by atoms with E-state index < -0.39 is 0 Å². The molecule has 0 N–H and O–H groups in total. The number of fused-ring (bicyclic) bond motifs is 6. The van der Waals surface area contributed by atoms with Crippen LogP contribution in [0.15, 0.2) is 54.6 Å². The summed E-state index contributed by atoms with van der Waals surface area (Å²) in [7, 11) is 2.19. The van der Waals surface area contributed by atoms with Gasteiger partial charge < -0.3 is 4.57 Å². The lowest BCUT2D eigenvalue weighted by Crippen LogP contribution is -2.11. The van der Waals surface area contributed by atoms with Crippen LogP contribution in [0.25, 0.3) is 42.0 Å². The first-order valence-electron chi connectivity index (χ1n) is 8.78. The van der Waals surface area contributed by atoms with Crippen molar-refractivity contribution in [2.24, 2.45) is 7.05 Å². The summed E-state index contributed by atoms with van der Waals surface area (Å²) in [5.41, 5.74) is 4.20. The van der Waals surface area contributed by atoms with Gasteiger partial charge in [0.15, 0.2) is 0 Å². The maximum Gasteiger partial charge on any atom is 0.0503 e.